The summed E-state index contributed by atoms with van der Waals surface area (Å²) in [5.41, 5.74) is 1.66. The minimum Gasteiger partial charge on any atom is -0.491 e. The molecule has 1 aromatic carbocycles. The first kappa shape index (κ1) is 24.5. The molecule has 1 fully saturated rings. The Kier molecular flexibility index (Phi) is 7.67. The number of rotatable bonds is 8. The van der Waals surface area contributed by atoms with Crippen molar-refractivity contribution in [2.45, 2.75) is 44.8 Å². The molecule has 2 aromatic rings. The van der Waals surface area contributed by atoms with E-state index in [-0.39, 0.29) is 36.6 Å². The number of halogens is 1. The molecule has 3 atom stereocenters. The number of thiophene rings is 1. The zero-order chi connectivity index (χ0) is 23.6. The Bertz CT molecular complexity index is 1100. The summed E-state index contributed by atoms with van der Waals surface area (Å²) < 4.78 is 30.2. The van der Waals surface area contributed by atoms with Gasteiger partial charge in [0.05, 0.1) is 17.1 Å². The van der Waals surface area contributed by atoms with Gasteiger partial charge in [-0.1, -0.05) is 22.9 Å². The van der Waals surface area contributed by atoms with Crippen LogP contribution in [0.25, 0.3) is 0 Å². The minimum absolute atomic E-state index is 0.00300. The van der Waals surface area contributed by atoms with Crippen LogP contribution in [0, 0.1) is 5.92 Å². The fourth-order valence-corrected chi connectivity index (χ4v) is 7.63. The van der Waals surface area contributed by atoms with Gasteiger partial charge in [0.15, 0.2) is 9.84 Å². The third kappa shape index (κ3) is 6.29. The van der Waals surface area contributed by atoms with Crippen LogP contribution < -0.4 is 15.4 Å². The third-order valence-corrected chi connectivity index (χ3v) is 9.57. The molecular formula is C23H29BrN2O5S2. The lowest BCUT2D eigenvalue weighted by atomic mass is 9.88. The molecule has 33 heavy (non-hydrogen) atoms. The SMILES string of the molecule is CC1CCc2c(sc(NCC(O)COc3ccc(Br)cc3)c2C(=O)NC2CCS(=O)(=O)C2)C1. The number of fused-ring (bicyclic) bond motifs is 1. The predicted octanol–water partition coefficient (Wildman–Crippen LogP) is 3.40. The average Bonchev–Trinajstić information content (AvgIpc) is 3.30. The molecule has 1 amide bonds. The number of aliphatic hydroxyl groups is 1. The van der Waals surface area contributed by atoms with Gasteiger partial charge in [0, 0.05) is 21.9 Å². The van der Waals surface area contributed by atoms with Gasteiger partial charge in [0.25, 0.3) is 5.91 Å². The number of sulfone groups is 1. The van der Waals surface area contributed by atoms with Crippen LogP contribution in [0.5, 0.6) is 5.75 Å². The van der Waals surface area contributed by atoms with Gasteiger partial charge in [0.2, 0.25) is 0 Å². The molecule has 0 radical (unpaired) electrons. The Morgan fingerprint density at radius 1 is 1.30 bits per heavy atom. The highest BCUT2D eigenvalue weighted by atomic mass is 79.9. The van der Waals surface area contributed by atoms with Gasteiger partial charge >= 0.3 is 0 Å². The van der Waals surface area contributed by atoms with Crippen molar-refractivity contribution in [3.63, 3.8) is 0 Å². The van der Waals surface area contributed by atoms with Crippen molar-refractivity contribution >= 4 is 48.0 Å². The largest absolute Gasteiger partial charge is 0.491 e. The van der Waals surface area contributed by atoms with Crippen molar-refractivity contribution in [3.05, 3.63) is 44.7 Å². The van der Waals surface area contributed by atoms with E-state index in [4.69, 9.17) is 4.74 Å². The quantitative estimate of drug-likeness (QED) is 0.460. The molecule has 3 N–H and O–H groups in total. The number of amides is 1. The smallest absolute Gasteiger partial charge is 0.254 e. The highest BCUT2D eigenvalue weighted by Crippen LogP contribution is 2.39. The number of carbonyl (C=O) groups excluding carboxylic acids is 1. The monoisotopic (exact) mass is 556 g/mol. The molecule has 180 valence electrons. The summed E-state index contributed by atoms with van der Waals surface area (Å²) in [6.07, 6.45) is 2.46. The number of aliphatic hydroxyl groups excluding tert-OH is 1. The van der Waals surface area contributed by atoms with E-state index in [1.165, 1.54) is 4.88 Å². The lowest BCUT2D eigenvalue weighted by Crippen LogP contribution is -2.36. The van der Waals surface area contributed by atoms with Crippen LogP contribution in [0.1, 0.15) is 40.6 Å². The molecule has 10 heteroatoms. The maximum atomic E-state index is 13.2. The van der Waals surface area contributed by atoms with Crippen LogP contribution in [-0.2, 0) is 22.7 Å². The van der Waals surface area contributed by atoms with Gasteiger partial charge in [-0.15, -0.1) is 11.3 Å². The summed E-state index contributed by atoms with van der Waals surface area (Å²) >= 11 is 4.94. The fraction of sp³-hybridized carbons (Fsp3) is 0.522. The van der Waals surface area contributed by atoms with E-state index >= 15 is 0 Å². The second-order valence-corrected chi connectivity index (χ2v) is 13.2. The minimum atomic E-state index is -3.08. The summed E-state index contributed by atoms with van der Waals surface area (Å²) in [4.78, 5) is 14.4. The second-order valence-electron chi connectivity index (χ2n) is 8.93. The molecular weight excluding hydrogens is 528 g/mol. The summed E-state index contributed by atoms with van der Waals surface area (Å²) in [5, 5.41) is 17.3. The van der Waals surface area contributed by atoms with Crippen LogP contribution >= 0.6 is 27.3 Å². The number of ether oxygens (including phenoxy) is 1. The number of hydrogen-bond acceptors (Lipinski definition) is 7. The van der Waals surface area contributed by atoms with Crippen LogP contribution in [0.4, 0.5) is 5.00 Å². The number of nitrogens with one attached hydrogen (secondary N) is 2. The van der Waals surface area contributed by atoms with Crippen LogP contribution in [0.2, 0.25) is 0 Å². The van der Waals surface area contributed by atoms with Gasteiger partial charge in [0.1, 0.15) is 23.5 Å². The Balaban J connectivity index is 1.43. The van der Waals surface area contributed by atoms with E-state index in [9.17, 15) is 18.3 Å². The van der Waals surface area contributed by atoms with E-state index in [1.807, 2.05) is 24.3 Å². The Morgan fingerprint density at radius 3 is 2.76 bits per heavy atom. The summed E-state index contributed by atoms with van der Waals surface area (Å²) in [6, 6.07) is 7.04. The van der Waals surface area contributed by atoms with Crippen molar-refractivity contribution in [2.75, 3.05) is 30.0 Å². The zero-order valence-electron chi connectivity index (χ0n) is 18.5. The number of benzene rings is 1. The maximum absolute atomic E-state index is 13.2. The molecule has 2 aliphatic rings. The molecule has 1 saturated heterocycles. The molecule has 0 saturated carbocycles. The van der Waals surface area contributed by atoms with E-state index in [0.29, 0.717) is 23.7 Å². The van der Waals surface area contributed by atoms with E-state index in [0.717, 1.165) is 34.3 Å². The van der Waals surface area contributed by atoms with Gasteiger partial charge < -0.3 is 20.5 Å². The highest BCUT2D eigenvalue weighted by Gasteiger charge is 2.32. The van der Waals surface area contributed by atoms with Gasteiger partial charge in [-0.2, -0.15) is 0 Å². The van der Waals surface area contributed by atoms with Gasteiger partial charge in [-0.25, -0.2) is 8.42 Å². The topological polar surface area (TPSA) is 105 Å². The molecule has 1 aliphatic heterocycles. The van der Waals surface area contributed by atoms with Crippen LogP contribution in [0.15, 0.2) is 28.7 Å². The van der Waals surface area contributed by atoms with Gasteiger partial charge in [-0.3, -0.25) is 4.79 Å². The third-order valence-electron chi connectivity index (χ3n) is 6.06. The molecule has 1 aliphatic carbocycles. The molecule has 2 heterocycles. The molecule has 3 unspecified atom stereocenters. The Morgan fingerprint density at radius 2 is 2.06 bits per heavy atom. The van der Waals surface area contributed by atoms with Crippen LogP contribution in [-0.4, -0.2) is 56.2 Å². The molecule has 7 nitrogen and oxygen atoms in total. The standard InChI is InChI=1S/C23H29BrN2O5S2/c1-14-2-7-19-20(10-14)32-23(21(19)22(28)26-16-8-9-33(29,30)13-16)25-11-17(27)12-31-18-5-3-15(24)4-6-18/h3-6,14,16-17,25,27H,2,7-13H2,1H3,(H,26,28). The first-order valence-electron chi connectivity index (χ1n) is 11.2. The van der Waals surface area contributed by atoms with Crippen molar-refractivity contribution in [1.29, 1.82) is 0 Å². The average molecular weight is 558 g/mol. The van der Waals surface area contributed by atoms with Crippen molar-refractivity contribution < 1.29 is 23.1 Å². The molecule has 0 spiro atoms. The number of anilines is 1. The zero-order valence-corrected chi connectivity index (χ0v) is 21.7. The molecule has 4 rings (SSSR count). The Labute approximate surface area is 207 Å². The fourth-order valence-electron chi connectivity index (χ4n) is 4.27. The summed E-state index contributed by atoms with van der Waals surface area (Å²) in [7, 11) is -3.08. The van der Waals surface area contributed by atoms with E-state index in [2.05, 4.69) is 33.5 Å². The first-order valence-corrected chi connectivity index (χ1v) is 14.6. The first-order chi connectivity index (χ1) is 15.7. The normalized spacial score (nSPS) is 22.4. The lowest BCUT2D eigenvalue weighted by Gasteiger charge is -2.19. The lowest BCUT2D eigenvalue weighted by molar-refractivity contribution is 0.0940. The predicted molar refractivity (Wildman–Crippen MR) is 134 cm³/mol. The number of carbonyl (C=O) groups is 1. The van der Waals surface area contributed by atoms with Crippen LogP contribution in [0.3, 0.4) is 0 Å². The maximum Gasteiger partial charge on any atom is 0.254 e. The molecule has 1 aromatic heterocycles. The Hall–Kier alpha value is -1.62. The van der Waals surface area contributed by atoms with Crippen molar-refractivity contribution in [2.24, 2.45) is 5.92 Å². The summed E-state index contributed by atoms with van der Waals surface area (Å²) in [5.74, 6) is 1.12. The second kappa shape index (κ2) is 10.3. The summed E-state index contributed by atoms with van der Waals surface area (Å²) in [6.45, 7) is 2.57. The number of hydrogen-bond donors (Lipinski definition) is 3. The van der Waals surface area contributed by atoms with Crippen molar-refractivity contribution in [1.82, 2.24) is 5.32 Å². The molecule has 0 bridgehead atoms. The van der Waals surface area contributed by atoms with E-state index < -0.39 is 15.9 Å². The highest BCUT2D eigenvalue weighted by molar-refractivity contribution is 9.10. The van der Waals surface area contributed by atoms with Crippen molar-refractivity contribution in [3.8, 4) is 5.75 Å². The van der Waals surface area contributed by atoms with Gasteiger partial charge in [-0.05, 0) is 61.4 Å². The van der Waals surface area contributed by atoms with E-state index in [1.54, 1.807) is 11.3 Å².